The molecule has 2 aromatic heterocycles. The van der Waals surface area contributed by atoms with Crippen molar-refractivity contribution in [2.24, 2.45) is 5.73 Å². The maximum Gasteiger partial charge on any atom is 0.181 e. The maximum atomic E-state index is 5.85. The van der Waals surface area contributed by atoms with Crippen LogP contribution < -0.4 is 5.73 Å². The van der Waals surface area contributed by atoms with Gasteiger partial charge >= 0.3 is 0 Å². The summed E-state index contributed by atoms with van der Waals surface area (Å²) in [5.41, 5.74) is 7.45. The molecular weight excluding hydrogens is 210 g/mol. The molecule has 80 valence electrons. The van der Waals surface area contributed by atoms with Crippen LogP contribution in [0.15, 0.2) is 17.7 Å². The number of imidazole rings is 1. The predicted molar refractivity (Wildman–Crippen MR) is 60.7 cm³/mol. The first-order chi connectivity index (χ1) is 7.31. The third-order valence-electron chi connectivity index (χ3n) is 2.15. The van der Waals surface area contributed by atoms with Crippen LogP contribution in [0.2, 0.25) is 0 Å². The van der Waals surface area contributed by atoms with Gasteiger partial charge in [0.15, 0.2) is 5.65 Å². The zero-order valence-electron chi connectivity index (χ0n) is 8.47. The Kier molecular flexibility index (Phi) is 3.17. The Labute approximate surface area is 91.9 Å². The number of aromatic nitrogens is 4. The normalized spacial score (nSPS) is 13.2. The van der Waals surface area contributed by atoms with Crippen molar-refractivity contribution >= 4 is 22.9 Å². The zero-order valence-corrected chi connectivity index (χ0v) is 9.29. The molecule has 3 N–H and O–H groups in total. The molecule has 1 unspecified atom stereocenters. The van der Waals surface area contributed by atoms with Gasteiger partial charge in [0.2, 0.25) is 0 Å². The molecular formula is C9H13N5S. The van der Waals surface area contributed by atoms with Crippen molar-refractivity contribution in [3.63, 3.8) is 0 Å². The molecule has 0 aliphatic rings. The van der Waals surface area contributed by atoms with Crippen molar-refractivity contribution < 1.29 is 0 Å². The molecule has 0 aliphatic heterocycles. The van der Waals surface area contributed by atoms with Gasteiger partial charge in [0.1, 0.15) is 16.9 Å². The Morgan fingerprint density at radius 3 is 3.13 bits per heavy atom. The molecule has 0 bridgehead atoms. The van der Waals surface area contributed by atoms with E-state index in [1.54, 1.807) is 18.1 Å². The quantitative estimate of drug-likeness (QED) is 0.601. The summed E-state index contributed by atoms with van der Waals surface area (Å²) in [7, 11) is 0. The van der Waals surface area contributed by atoms with E-state index in [9.17, 15) is 0 Å². The van der Waals surface area contributed by atoms with Gasteiger partial charge in [-0.2, -0.15) is 0 Å². The SMILES string of the molecule is CCC(N)CSc1ncnc2nc[nH]c12. The molecule has 0 amide bonds. The molecule has 5 nitrogen and oxygen atoms in total. The summed E-state index contributed by atoms with van der Waals surface area (Å²) in [6.45, 7) is 2.08. The Hall–Kier alpha value is -1.14. The standard InChI is InChI=1S/C9H13N5S/c1-2-6(10)3-15-9-7-8(12-4-11-7)13-5-14-9/h4-6H,2-3,10H2,1H3,(H,11,12,13,14). The fraction of sp³-hybridized carbons (Fsp3) is 0.444. The van der Waals surface area contributed by atoms with Crippen LogP contribution in [0.3, 0.4) is 0 Å². The van der Waals surface area contributed by atoms with Gasteiger partial charge in [-0.25, -0.2) is 15.0 Å². The van der Waals surface area contributed by atoms with Gasteiger partial charge in [0, 0.05) is 11.8 Å². The second-order valence-corrected chi connectivity index (χ2v) is 4.27. The van der Waals surface area contributed by atoms with E-state index in [0.29, 0.717) is 5.65 Å². The average Bonchev–Trinajstić information content (AvgIpc) is 2.74. The van der Waals surface area contributed by atoms with Gasteiger partial charge in [-0.3, -0.25) is 0 Å². The van der Waals surface area contributed by atoms with E-state index in [2.05, 4.69) is 26.9 Å². The lowest BCUT2D eigenvalue weighted by atomic mass is 10.3. The number of fused-ring (bicyclic) bond motifs is 1. The lowest BCUT2D eigenvalue weighted by molar-refractivity contribution is 0.724. The number of nitrogens with two attached hydrogens (primary N) is 1. The van der Waals surface area contributed by atoms with Crippen LogP contribution in [0.1, 0.15) is 13.3 Å². The van der Waals surface area contributed by atoms with Crippen LogP contribution >= 0.6 is 11.8 Å². The van der Waals surface area contributed by atoms with Crippen LogP contribution in [0.5, 0.6) is 0 Å². The number of thioether (sulfide) groups is 1. The van der Waals surface area contributed by atoms with Gasteiger partial charge in [-0.1, -0.05) is 6.92 Å². The van der Waals surface area contributed by atoms with Crippen molar-refractivity contribution in [2.75, 3.05) is 5.75 Å². The summed E-state index contributed by atoms with van der Waals surface area (Å²) in [5.74, 6) is 0.863. The van der Waals surface area contributed by atoms with Gasteiger partial charge in [0.05, 0.1) is 6.33 Å². The molecule has 2 rings (SSSR count). The third kappa shape index (κ3) is 2.27. The fourth-order valence-corrected chi connectivity index (χ4v) is 2.18. The second kappa shape index (κ2) is 4.59. The van der Waals surface area contributed by atoms with Crippen molar-refractivity contribution in [1.82, 2.24) is 19.9 Å². The first-order valence-corrected chi connectivity index (χ1v) is 5.82. The molecule has 6 heteroatoms. The number of nitrogens with one attached hydrogen (secondary N) is 1. The summed E-state index contributed by atoms with van der Waals surface area (Å²) < 4.78 is 0. The van der Waals surface area contributed by atoms with E-state index >= 15 is 0 Å². The summed E-state index contributed by atoms with van der Waals surface area (Å²) in [6, 6.07) is 0.211. The van der Waals surface area contributed by atoms with Gasteiger partial charge in [0.25, 0.3) is 0 Å². The lowest BCUT2D eigenvalue weighted by Gasteiger charge is -2.07. The Balaban J connectivity index is 2.17. The van der Waals surface area contributed by atoms with Crippen LogP contribution in [0.25, 0.3) is 11.2 Å². The van der Waals surface area contributed by atoms with E-state index in [1.165, 1.54) is 6.33 Å². The first-order valence-electron chi connectivity index (χ1n) is 4.83. The molecule has 0 radical (unpaired) electrons. The van der Waals surface area contributed by atoms with Crippen LogP contribution in [-0.4, -0.2) is 31.7 Å². The van der Waals surface area contributed by atoms with Crippen molar-refractivity contribution in [1.29, 1.82) is 0 Å². The molecule has 1 atom stereocenters. The van der Waals surface area contributed by atoms with Crippen LogP contribution in [0, 0.1) is 0 Å². The summed E-state index contributed by atoms with van der Waals surface area (Å²) in [4.78, 5) is 15.4. The number of rotatable bonds is 4. The Morgan fingerprint density at radius 1 is 1.47 bits per heavy atom. The molecule has 0 saturated heterocycles. The number of aromatic amines is 1. The highest BCUT2D eigenvalue weighted by Crippen LogP contribution is 2.22. The minimum Gasteiger partial charge on any atom is -0.341 e. The highest BCUT2D eigenvalue weighted by Gasteiger charge is 2.07. The summed E-state index contributed by atoms with van der Waals surface area (Å²) in [5, 5.41) is 0.918. The third-order valence-corrected chi connectivity index (χ3v) is 3.32. The molecule has 0 saturated carbocycles. The minimum absolute atomic E-state index is 0.211. The smallest absolute Gasteiger partial charge is 0.181 e. The minimum atomic E-state index is 0.211. The topological polar surface area (TPSA) is 80.5 Å². The number of H-pyrrole nitrogens is 1. The molecule has 0 aromatic carbocycles. The molecule has 0 fully saturated rings. The molecule has 0 aliphatic carbocycles. The summed E-state index contributed by atoms with van der Waals surface area (Å²) in [6.07, 6.45) is 4.14. The molecule has 0 spiro atoms. The molecule has 15 heavy (non-hydrogen) atoms. The molecule has 2 aromatic rings. The lowest BCUT2D eigenvalue weighted by Crippen LogP contribution is -2.21. The van der Waals surface area contributed by atoms with E-state index in [4.69, 9.17) is 5.73 Å². The largest absolute Gasteiger partial charge is 0.341 e. The second-order valence-electron chi connectivity index (χ2n) is 3.26. The Bertz CT molecular complexity index is 441. The monoisotopic (exact) mass is 223 g/mol. The van der Waals surface area contributed by atoms with E-state index in [1.807, 2.05) is 0 Å². The number of hydrogen-bond acceptors (Lipinski definition) is 5. The summed E-state index contributed by atoms with van der Waals surface area (Å²) >= 11 is 1.64. The van der Waals surface area contributed by atoms with Gasteiger partial charge in [-0.05, 0) is 6.42 Å². The van der Waals surface area contributed by atoms with Crippen molar-refractivity contribution in [3.8, 4) is 0 Å². The Morgan fingerprint density at radius 2 is 2.33 bits per heavy atom. The van der Waals surface area contributed by atoms with E-state index in [0.717, 1.165) is 22.7 Å². The van der Waals surface area contributed by atoms with Crippen molar-refractivity contribution in [3.05, 3.63) is 12.7 Å². The fourth-order valence-electron chi connectivity index (χ4n) is 1.16. The first kappa shape index (κ1) is 10.4. The highest BCUT2D eigenvalue weighted by atomic mass is 32.2. The average molecular weight is 223 g/mol. The highest BCUT2D eigenvalue weighted by molar-refractivity contribution is 7.99. The van der Waals surface area contributed by atoms with Crippen LogP contribution in [-0.2, 0) is 0 Å². The predicted octanol–water partition coefficient (Wildman–Crippen LogP) is 1.18. The molecule has 2 heterocycles. The maximum absolute atomic E-state index is 5.85. The van der Waals surface area contributed by atoms with E-state index < -0.39 is 0 Å². The zero-order chi connectivity index (χ0) is 10.7. The van der Waals surface area contributed by atoms with Crippen LogP contribution in [0.4, 0.5) is 0 Å². The van der Waals surface area contributed by atoms with Crippen molar-refractivity contribution in [2.45, 2.75) is 24.4 Å². The van der Waals surface area contributed by atoms with E-state index in [-0.39, 0.29) is 6.04 Å². The van der Waals surface area contributed by atoms with Gasteiger partial charge in [-0.15, -0.1) is 11.8 Å². The number of nitrogens with zero attached hydrogens (tertiary/aromatic N) is 3. The van der Waals surface area contributed by atoms with Gasteiger partial charge < -0.3 is 10.7 Å². The number of hydrogen-bond donors (Lipinski definition) is 2.